The van der Waals surface area contributed by atoms with Crippen LogP contribution in [-0.2, 0) is 28.6 Å². The van der Waals surface area contributed by atoms with Gasteiger partial charge in [0.2, 0.25) is 6.29 Å². The van der Waals surface area contributed by atoms with Gasteiger partial charge in [0, 0.05) is 36.0 Å². The number of thioether (sulfide) groups is 1. The molecular formula is C24H25N7O8S2. The number of hydrogen-bond acceptors (Lipinski definition) is 15. The van der Waals surface area contributed by atoms with E-state index in [-0.39, 0.29) is 22.3 Å². The molecule has 1 unspecified atom stereocenters. The Morgan fingerprint density at radius 2 is 1.93 bits per heavy atom. The fourth-order valence-corrected chi connectivity index (χ4v) is 5.63. The van der Waals surface area contributed by atoms with Crippen LogP contribution in [0.3, 0.4) is 0 Å². The highest BCUT2D eigenvalue weighted by Gasteiger charge is 2.54. The quantitative estimate of drug-likeness (QED) is 0.0928. The highest BCUT2D eigenvalue weighted by molar-refractivity contribution is 8.00. The summed E-state index contributed by atoms with van der Waals surface area (Å²) < 4.78 is 15.2. The molecule has 0 aromatic carbocycles. The summed E-state index contributed by atoms with van der Waals surface area (Å²) in [4.78, 5) is 64.2. The van der Waals surface area contributed by atoms with Gasteiger partial charge in [0.25, 0.3) is 11.8 Å². The Balaban J connectivity index is 1.55. The molecule has 2 aromatic heterocycles. The molecule has 2 aliphatic rings. The zero-order chi connectivity index (χ0) is 29.7. The van der Waals surface area contributed by atoms with E-state index in [2.05, 4.69) is 25.4 Å². The minimum atomic E-state index is -1.33. The monoisotopic (exact) mass is 603 g/mol. The van der Waals surface area contributed by atoms with E-state index in [0.29, 0.717) is 11.1 Å². The van der Waals surface area contributed by atoms with Crippen LogP contribution >= 0.6 is 23.1 Å². The maximum atomic E-state index is 13.3. The van der Waals surface area contributed by atoms with E-state index in [4.69, 9.17) is 19.9 Å². The molecule has 4 rings (SSSR count). The fraction of sp³-hybridized carbons (Fsp3) is 0.333. The highest BCUT2D eigenvalue weighted by Crippen LogP contribution is 2.41. The molecule has 15 nitrogen and oxygen atoms in total. The van der Waals surface area contributed by atoms with Gasteiger partial charge in [0.15, 0.2) is 10.8 Å². The molecule has 0 bridgehead atoms. The molecule has 4 heterocycles. The number of oxime groups is 1. The van der Waals surface area contributed by atoms with Crippen molar-refractivity contribution in [3.8, 4) is 0 Å². The van der Waals surface area contributed by atoms with Crippen LogP contribution in [0.15, 0.2) is 46.6 Å². The van der Waals surface area contributed by atoms with Gasteiger partial charge in [-0.2, -0.15) is 0 Å². The number of thiazole rings is 1. The Bertz CT molecular complexity index is 1430. The number of fused-ring (bicyclic) bond motifs is 1. The van der Waals surface area contributed by atoms with E-state index in [9.17, 15) is 24.4 Å². The lowest BCUT2D eigenvalue weighted by molar-refractivity contribution is -0.169. The smallest absolute Gasteiger partial charge is 0.431 e. The Morgan fingerprint density at radius 3 is 2.56 bits per heavy atom. The largest absolute Gasteiger partial charge is 0.511 e. The number of esters is 1. The van der Waals surface area contributed by atoms with E-state index in [1.165, 1.54) is 35.3 Å². The van der Waals surface area contributed by atoms with Crippen molar-refractivity contribution in [3.05, 3.63) is 52.7 Å². The normalized spacial score (nSPS) is 19.5. The summed E-state index contributed by atoms with van der Waals surface area (Å²) in [5.74, 6) is -2.15. The number of nitrogens with one attached hydrogen (secondary N) is 1. The van der Waals surface area contributed by atoms with Gasteiger partial charge in [-0.05, 0) is 19.4 Å². The van der Waals surface area contributed by atoms with Crippen LogP contribution in [0.4, 0.5) is 9.93 Å². The van der Waals surface area contributed by atoms with Crippen molar-refractivity contribution >= 4 is 64.0 Å². The van der Waals surface area contributed by atoms with Crippen LogP contribution in [0, 0.1) is 0 Å². The summed E-state index contributed by atoms with van der Waals surface area (Å²) in [6.45, 7) is 4.59. The predicted octanol–water partition coefficient (Wildman–Crippen LogP) is 1.51. The van der Waals surface area contributed by atoms with Crippen molar-refractivity contribution < 1.29 is 38.6 Å². The van der Waals surface area contributed by atoms with Gasteiger partial charge in [-0.25, -0.2) is 24.5 Å². The number of nitrogen functional groups attached to an aromatic ring is 1. The molecule has 17 heteroatoms. The Labute approximate surface area is 241 Å². The summed E-state index contributed by atoms with van der Waals surface area (Å²) >= 11 is 2.33. The van der Waals surface area contributed by atoms with Crippen molar-refractivity contribution in [2.45, 2.75) is 44.6 Å². The van der Waals surface area contributed by atoms with E-state index in [1.807, 2.05) is 0 Å². The van der Waals surface area contributed by atoms with Crippen LogP contribution < -0.4 is 11.1 Å². The summed E-state index contributed by atoms with van der Waals surface area (Å²) in [5.41, 5.74) is 6.21. The SMILES string of the molecule is CC(C)OC(=O)OC(C)OC(=O)C1=C(/C=C\c2cncnc2)CS[C@H]2[C@H](NC(=O)/C(=N\O)c3csc(N)n3)C(=O)N12. The molecule has 1 fully saturated rings. The second-order valence-corrected chi connectivity index (χ2v) is 10.8. The number of β-lactam (4-membered cyclic amide) rings is 1. The lowest BCUT2D eigenvalue weighted by Gasteiger charge is -2.49. The standard InChI is InChI=1S/C24H25N7O8S2/c1-11(2)37-24(35)39-12(3)38-22(34)18-14(5-4-13-6-26-10-27-7-13)8-40-21-17(20(33)31(18)21)29-19(32)16(30-36)15-9-41-23(25)28-15/h4-7,9-12,17,21,36H,8H2,1-3H3,(H2,25,28)(H,29,32)/b5-4-,30-16-/t12?,17-,21+/m1/s1. The van der Waals surface area contributed by atoms with Crippen LogP contribution in [0.5, 0.6) is 0 Å². The molecular weight excluding hydrogens is 578 g/mol. The van der Waals surface area contributed by atoms with Gasteiger partial charge in [-0.1, -0.05) is 17.3 Å². The van der Waals surface area contributed by atoms with Gasteiger partial charge in [0.1, 0.15) is 29.1 Å². The highest BCUT2D eigenvalue weighted by atomic mass is 32.2. The van der Waals surface area contributed by atoms with Crippen molar-refractivity contribution in [1.29, 1.82) is 0 Å². The molecule has 0 radical (unpaired) electrons. The Kier molecular flexibility index (Phi) is 9.18. The second-order valence-electron chi connectivity index (χ2n) is 8.77. The first-order chi connectivity index (χ1) is 19.6. The summed E-state index contributed by atoms with van der Waals surface area (Å²) in [5, 5.41) is 15.8. The number of carbonyl (C=O) groups excluding carboxylic acids is 4. The maximum Gasteiger partial charge on any atom is 0.511 e. The molecule has 2 aromatic rings. The van der Waals surface area contributed by atoms with E-state index in [0.717, 1.165) is 11.3 Å². The molecule has 1 saturated heterocycles. The van der Waals surface area contributed by atoms with Crippen molar-refractivity contribution in [2.75, 3.05) is 11.5 Å². The molecule has 0 saturated carbocycles. The molecule has 2 aliphatic heterocycles. The van der Waals surface area contributed by atoms with Crippen molar-refractivity contribution in [2.24, 2.45) is 5.16 Å². The molecule has 4 N–H and O–H groups in total. The maximum absolute atomic E-state index is 13.3. The number of allylic oxidation sites excluding steroid dienone is 1. The Morgan fingerprint density at radius 1 is 1.20 bits per heavy atom. The number of ether oxygens (including phenoxy) is 3. The van der Waals surface area contributed by atoms with Gasteiger partial charge in [-0.3, -0.25) is 14.5 Å². The third-order valence-electron chi connectivity index (χ3n) is 5.48. The molecule has 0 spiro atoms. The number of carbonyl (C=O) groups is 4. The first-order valence-corrected chi connectivity index (χ1v) is 13.9. The first kappa shape index (κ1) is 29.5. The van der Waals surface area contributed by atoms with Gasteiger partial charge < -0.3 is 30.5 Å². The fourth-order valence-electron chi connectivity index (χ4n) is 3.76. The van der Waals surface area contributed by atoms with Gasteiger partial charge in [0.05, 0.1) is 6.10 Å². The zero-order valence-corrected chi connectivity index (χ0v) is 23.5. The predicted molar refractivity (Wildman–Crippen MR) is 146 cm³/mol. The zero-order valence-electron chi connectivity index (χ0n) is 21.9. The third kappa shape index (κ3) is 6.80. The molecule has 3 atom stereocenters. The number of rotatable bonds is 9. The van der Waals surface area contributed by atoms with Gasteiger partial charge in [-0.15, -0.1) is 23.1 Å². The average Bonchev–Trinajstić information content (AvgIpc) is 3.35. The van der Waals surface area contributed by atoms with E-state index in [1.54, 1.807) is 38.4 Å². The number of nitrogens with two attached hydrogens (primary N) is 1. The third-order valence-corrected chi connectivity index (χ3v) is 7.46. The van der Waals surface area contributed by atoms with Crippen LogP contribution in [-0.4, -0.2) is 84.3 Å². The lowest BCUT2D eigenvalue weighted by Crippen LogP contribution is -2.71. The lowest BCUT2D eigenvalue weighted by atomic mass is 10.0. The van der Waals surface area contributed by atoms with E-state index < -0.39 is 53.5 Å². The van der Waals surface area contributed by atoms with Crippen molar-refractivity contribution in [3.63, 3.8) is 0 Å². The minimum absolute atomic E-state index is 0.0406. The second kappa shape index (κ2) is 12.8. The number of nitrogens with zero attached hydrogens (tertiary/aromatic N) is 5. The molecule has 0 aliphatic carbocycles. The first-order valence-electron chi connectivity index (χ1n) is 12.0. The summed E-state index contributed by atoms with van der Waals surface area (Å²) in [7, 11) is 0. The van der Waals surface area contributed by atoms with Crippen LogP contribution in [0.2, 0.25) is 0 Å². The number of hydrogen-bond donors (Lipinski definition) is 3. The Hall–Kier alpha value is -4.51. The van der Waals surface area contributed by atoms with Crippen molar-refractivity contribution in [1.82, 2.24) is 25.2 Å². The van der Waals surface area contributed by atoms with E-state index >= 15 is 0 Å². The summed E-state index contributed by atoms with van der Waals surface area (Å²) in [6.07, 6.45) is 4.98. The van der Waals surface area contributed by atoms with Crippen LogP contribution in [0.1, 0.15) is 32.0 Å². The number of aromatic nitrogens is 3. The molecule has 41 heavy (non-hydrogen) atoms. The summed E-state index contributed by atoms with van der Waals surface area (Å²) in [6, 6.07) is -1.05. The molecule has 2 amide bonds. The van der Waals surface area contributed by atoms with Gasteiger partial charge >= 0.3 is 12.1 Å². The minimum Gasteiger partial charge on any atom is -0.431 e. The number of anilines is 1. The number of amides is 2. The van der Waals surface area contributed by atoms with Crippen LogP contribution in [0.25, 0.3) is 6.08 Å². The average molecular weight is 604 g/mol. The topological polar surface area (TPSA) is 209 Å². The molecule has 216 valence electrons.